The van der Waals surface area contributed by atoms with Gasteiger partial charge in [-0.15, -0.1) is 0 Å². The summed E-state index contributed by atoms with van der Waals surface area (Å²) in [5, 5.41) is 26.3. The maximum Gasteiger partial charge on any atom is 0.265 e. The molecule has 3 aromatic rings. The zero-order valence-corrected chi connectivity index (χ0v) is 18.9. The van der Waals surface area contributed by atoms with Gasteiger partial charge >= 0.3 is 0 Å². The van der Waals surface area contributed by atoms with E-state index in [1.165, 1.54) is 18.2 Å². The van der Waals surface area contributed by atoms with Gasteiger partial charge in [0, 0.05) is 11.1 Å². The molecule has 0 saturated carbocycles. The van der Waals surface area contributed by atoms with Crippen LogP contribution in [0.2, 0.25) is 10.0 Å². The molecule has 0 spiro atoms. The lowest BCUT2D eigenvalue weighted by atomic mass is 10.2. The minimum absolute atomic E-state index is 0.0775. The van der Waals surface area contributed by atoms with Crippen molar-refractivity contribution in [3.63, 3.8) is 0 Å². The number of phenolic OH excluding ortho intramolecular Hbond substituents is 2. The highest BCUT2D eigenvalue weighted by molar-refractivity contribution is 6.34. The predicted molar refractivity (Wildman–Crippen MR) is 125 cm³/mol. The molecule has 1 atom stereocenters. The third kappa shape index (κ3) is 6.12. The maximum atomic E-state index is 12.5. The Bertz CT molecular complexity index is 1110. The number of halogens is 2. The molecule has 7 nitrogen and oxygen atoms in total. The van der Waals surface area contributed by atoms with Gasteiger partial charge in [0.2, 0.25) is 0 Å². The van der Waals surface area contributed by atoms with E-state index in [0.717, 1.165) is 0 Å². The van der Waals surface area contributed by atoms with E-state index in [4.69, 9.17) is 32.7 Å². The average molecular weight is 477 g/mol. The molecule has 3 aromatic carbocycles. The summed E-state index contributed by atoms with van der Waals surface area (Å²) in [6.07, 6.45) is -0.845. The van der Waals surface area contributed by atoms with E-state index >= 15 is 0 Å². The van der Waals surface area contributed by atoms with Crippen LogP contribution >= 0.6 is 23.2 Å². The quantitative estimate of drug-likeness (QED) is 0.250. The standard InChI is InChI=1S/C23H22Cl2N2O5/c1-13-9-17(7-8-21(13)28)32-14(2)23(30)27-19-11-22(29)20(10-18(19)25)26-12-31-16-5-3-15(24)4-6-16/h3-11,14,26,28-29H,12H2,1-2H3,(H,27,30). The first-order valence-electron chi connectivity index (χ1n) is 9.65. The molecule has 168 valence electrons. The van der Waals surface area contributed by atoms with Crippen LogP contribution in [0.5, 0.6) is 23.0 Å². The molecule has 1 unspecified atom stereocenters. The first-order chi connectivity index (χ1) is 15.2. The fourth-order valence-corrected chi connectivity index (χ4v) is 3.06. The van der Waals surface area contributed by atoms with Gasteiger partial charge < -0.3 is 30.3 Å². The molecule has 0 aliphatic carbocycles. The number of ether oxygens (including phenoxy) is 2. The second-order valence-corrected chi connectivity index (χ2v) is 7.81. The Morgan fingerprint density at radius 3 is 2.34 bits per heavy atom. The molecule has 0 heterocycles. The average Bonchev–Trinajstić information content (AvgIpc) is 2.75. The third-order valence-corrected chi connectivity index (χ3v) is 5.07. The largest absolute Gasteiger partial charge is 0.508 e. The van der Waals surface area contributed by atoms with Crippen molar-refractivity contribution in [3.05, 3.63) is 70.2 Å². The van der Waals surface area contributed by atoms with Crippen molar-refractivity contribution in [2.24, 2.45) is 0 Å². The Labute approximate surface area is 195 Å². The molecular formula is C23H22Cl2N2O5. The highest BCUT2D eigenvalue weighted by atomic mass is 35.5. The highest BCUT2D eigenvalue weighted by Crippen LogP contribution is 2.34. The Hall–Kier alpha value is -3.29. The number of carbonyl (C=O) groups is 1. The lowest BCUT2D eigenvalue weighted by Gasteiger charge is -2.17. The van der Waals surface area contributed by atoms with Crippen molar-refractivity contribution >= 4 is 40.5 Å². The first kappa shape index (κ1) is 23.4. The number of anilines is 2. The molecule has 0 fully saturated rings. The van der Waals surface area contributed by atoms with Crippen LogP contribution in [0.25, 0.3) is 0 Å². The van der Waals surface area contributed by atoms with E-state index in [1.807, 2.05) is 0 Å². The number of amides is 1. The number of hydrogen-bond acceptors (Lipinski definition) is 6. The fraction of sp³-hybridized carbons (Fsp3) is 0.174. The molecule has 0 radical (unpaired) electrons. The summed E-state index contributed by atoms with van der Waals surface area (Å²) in [4.78, 5) is 12.5. The van der Waals surface area contributed by atoms with Crippen LogP contribution in [-0.2, 0) is 4.79 Å². The molecule has 0 aromatic heterocycles. The van der Waals surface area contributed by atoms with Crippen LogP contribution in [0.3, 0.4) is 0 Å². The minimum Gasteiger partial charge on any atom is -0.508 e. The maximum absolute atomic E-state index is 12.5. The number of nitrogens with one attached hydrogen (secondary N) is 2. The van der Waals surface area contributed by atoms with E-state index in [9.17, 15) is 15.0 Å². The van der Waals surface area contributed by atoms with Crippen LogP contribution < -0.4 is 20.1 Å². The number of rotatable bonds is 8. The summed E-state index contributed by atoms with van der Waals surface area (Å²) in [7, 11) is 0. The van der Waals surface area contributed by atoms with Gasteiger partial charge in [0.15, 0.2) is 12.8 Å². The number of aromatic hydroxyl groups is 2. The van der Waals surface area contributed by atoms with Crippen molar-refractivity contribution in [2.75, 3.05) is 17.4 Å². The fourth-order valence-electron chi connectivity index (χ4n) is 2.72. The summed E-state index contributed by atoms with van der Waals surface area (Å²) < 4.78 is 11.1. The zero-order valence-electron chi connectivity index (χ0n) is 17.4. The minimum atomic E-state index is -0.845. The van der Waals surface area contributed by atoms with E-state index in [1.54, 1.807) is 50.2 Å². The topological polar surface area (TPSA) is 100 Å². The van der Waals surface area contributed by atoms with E-state index in [0.29, 0.717) is 27.8 Å². The van der Waals surface area contributed by atoms with Gasteiger partial charge in [-0.2, -0.15) is 0 Å². The number of aryl methyl sites for hydroxylation is 1. The molecule has 0 saturated heterocycles. The molecular weight excluding hydrogens is 455 g/mol. The third-order valence-electron chi connectivity index (χ3n) is 4.51. The van der Waals surface area contributed by atoms with Crippen LogP contribution in [0.1, 0.15) is 12.5 Å². The Morgan fingerprint density at radius 2 is 1.66 bits per heavy atom. The van der Waals surface area contributed by atoms with Gasteiger partial charge in [0.05, 0.1) is 16.4 Å². The zero-order chi connectivity index (χ0) is 23.3. The molecule has 3 rings (SSSR count). The molecule has 4 N–H and O–H groups in total. The van der Waals surface area contributed by atoms with Crippen molar-refractivity contribution in [3.8, 4) is 23.0 Å². The van der Waals surface area contributed by atoms with Crippen LogP contribution in [0.15, 0.2) is 54.6 Å². The highest BCUT2D eigenvalue weighted by Gasteiger charge is 2.18. The van der Waals surface area contributed by atoms with Gasteiger partial charge in [-0.25, -0.2) is 0 Å². The van der Waals surface area contributed by atoms with Gasteiger partial charge in [-0.1, -0.05) is 23.2 Å². The first-order valence-corrected chi connectivity index (χ1v) is 10.4. The normalized spacial score (nSPS) is 11.5. The number of phenols is 2. The second-order valence-electron chi connectivity index (χ2n) is 6.97. The molecule has 0 aliphatic heterocycles. The monoisotopic (exact) mass is 476 g/mol. The smallest absolute Gasteiger partial charge is 0.265 e. The second kappa shape index (κ2) is 10.3. The summed E-state index contributed by atoms with van der Waals surface area (Å²) in [6.45, 7) is 3.38. The number of carbonyl (C=O) groups excluding carboxylic acids is 1. The Kier molecular flexibility index (Phi) is 7.56. The molecule has 1 amide bonds. The van der Waals surface area contributed by atoms with Crippen LogP contribution in [-0.4, -0.2) is 29.0 Å². The van der Waals surface area contributed by atoms with Crippen LogP contribution in [0.4, 0.5) is 11.4 Å². The lowest BCUT2D eigenvalue weighted by Crippen LogP contribution is -2.30. The van der Waals surface area contributed by atoms with Crippen molar-refractivity contribution in [1.29, 1.82) is 0 Å². The lowest BCUT2D eigenvalue weighted by molar-refractivity contribution is -0.122. The van der Waals surface area contributed by atoms with Crippen molar-refractivity contribution in [1.82, 2.24) is 0 Å². The summed E-state index contributed by atoms with van der Waals surface area (Å²) >= 11 is 12.1. The summed E-state index contributed by atoms with van der Waals surface area (Å²) in [5.74, 6) is 0.617. The van der Waals surface area contributed by atoms with Crippen LogP contribution in [0, 0.1) is 6.92 Å². The molecule has 0 bridgehead atoms. The van der Waals surface area contributed by atoms with E-state index in [2.05, 4.69) is 10.6 Å². The van der Waals surface area contributed by atoms with Gasteiger partial charge in [0.25, 0.3) is 5.91 Å². The van der Waals surface area contributed by atoms with E-state index in [-0.39, 0.29) is 28.9 Å². The number of benzene rings is 3. The SMILES string of the molecule is Cc1cc(OC(C)C(=O)Nc2cc(O)c(NCOc3ccc(Cl)cc3)cc2Cl)ccc1O. The molecule has 9 heteroatoms. The summed E-state index contributed by atoms with van der Waals surface area (Å²) in [6, 6.07) is 14.4. The van der Waals surface area contributed by atoms with Crippen molar-refractivity contribution in [2.45, 2.75) is 20.0 Å². The van der Waals surface area contributed by atoms with E-state index < -0.39 is 12.0 Å². The van der Waals surface area contributed by atoms with Gasteiger partial charge in [-0.3, -0.25) is 4.79 Å². The summed E-state index contributed by atoms with van der Waals surface area (Å²) in [5.41, 5.74) is 1.20. The van der Waals surface area contributed by atoms with Gasteiger partial charge in [0.1, 0.15) is 23.0 Å². The number of hydrogen-bond donors (Lipinski definition) is 4. The predicted octanol–water partition coefficient (Wildman–Crippen LogP) is 5.57. The Balaban J connectivity index is 1.59. The Morgan fingerprint density at radius 1 is 0.969 bits per heavy atom. The van der Waals surface area contributed by atoms with Crippen molar-refractivity contribution < 1.29 is 24.5 Å². The van der Waals surface area contributed by atoms with Gasteiger partial charge in [-0.05, 0) is 67.9 Å². The molecule has 32 heavy (non-hydrogen) atoms. The molecule has 0 aliphatic rings.